The molecule has 0 radical (unpaired) electrons. The molecule has 1 saturated carbocycles. The minimum absolute atomic E-state index is 0.220. The SMILES string of the molecule is CC#CC(=O)Nc1cccc(CN(C(=O)OC(C)(C)C)c2cc(C3CC3)nc3c(C(C)C)cnn23)c1. The van der Waals surface area contributed by atoms with Gasteiger partial charge in [-0.2, -0.15) is 9.61 Å². The summed E-state index contributed by atoms with van der Waals surface area (Å²) in [5, 5.41) is 7.38. The highest BCUT2D eigenvalue weighted by Gasteiger charge is 2.31. The third kappa shape index (κ3) is 5.85. The monoisotopic (exact) mass is 487 g/mol. The molecule has 2 aromatic heterocycles. The Bertz CT molecular complexity index is 1350. The molecule has 3 aromatic rings. The summed E-state index contributed by atoms with van der Waals surface area (Å²) in [6.07, 6.45) is 3.51. The van der Waals surface area contributed by atoms with E-state index in [0.717, 1.165) is 35.3 Å². The first kappa shape index (κ1) is 25.2. The predicted molar refractivity (Wildman–Crippen MR) is 140 cm³/mol. The average molecular weight is 488 g/mol. The molecule has 1 fully saturated rings. The van der Waals surface area contributed by atoms with Gasteiger partial charge in [0.05, 0.1) is 12.7 Å². The van der Waals surface area contributed by atoms with Gasteiger partial charge in [-0.05, 0) is 70.1 Å². The van der Waals surface area contributed by atoms with E-state index in [1.54, 1.807) is 22.4 Å². The van der Waals surface area contributed by atoms with Crippen LogP contribution in [0.5, 0.6) is 0 Å². The third-order valence-corrected chi connectivity index (χ3v) is 5.77. The Morgan fingerprint density at radius 2 is 2.00 bits per heavy atom. The lowest BCUT2D eigenvalue weighted by Gasteiger charge is -2.28. The van der Waals surface area contributed by atoms with Crippen molar-refractivity contribution in [2.75, 3.05) is 10.2 Å². The van der Waals surface area contributed by atoms with Crippen LogP contribution < -0.4 is 10.2 Å². The maximum absolute atomic E-state index is 13.5. The van der Waals surface area contributed by atoms with Gasteiger partial charge in [-0.25, -0.2) is 9.78 Å². The number of hydrogen-bond donors (Lipinski definition) is 1. The summed E-state index contributed by atoms with van der Waals surface area (Å²) >= 11 is 0. The zero-order valence-electron chi connectivity index (χ0n) is 21.8. The van der Waals surface area contributed by atoms with Gasteiger partial charge in [-0.15, -0.1) is 0 Å². The minimum Gasteiger partial charge on any atom is -0.443 e. The Kier molecular flexibility index (Phi) is 7.02. The third-order valence-electron chi connectivity index (χ3n) is 5.77. The lowest BCUT2D eigenvalue weighted by atomic mass is 10.1. The first-order valence-electron chi connectivity index (χ1n) is 12.3. The van der Waals surface area contributed by atoms with E-state index in [1.165, 1.54) is 0 Å². The number of carbonyl (C=O) groups is 2. The number of hydrogen-bond acceptors (Lipinski definition) is 5. The van der Waals surface area contributed by atoms with Gasteiger partial charge in [0.15, 0.2) is 5.65 Å². The number of ether oxygens (including phenoxy) is 1. The van der Waals surface area contributed by atoms with Crippen molar-refractivity contribution in [3.05, 3.63) is 53.3 Å². The molecule has 8 nitrogen and oxygen atoms in total. The molecule has 1 aromatic carbocycles. The second-order valence-corrected chi connectivity index (χ2v) is 10.4. The Morgan fingerprint density at radius 1 is 1.25 bits per heavy atom. The Labute approximate surface area is 212 Å². The van der Waals surface area contributed by atoms with Crippen molar-refractivity contribution in [1.82, 2.24) is 14.6 Å². The minimum atomic E-state index is -0.678. The molecule has 1 aliphatic rings. The van der Waals surface area contributed by atoms with Crippen molar-refractivity contribution in [2.24, 2.45) is 0 Å². The highest BCUT2D eigenvalue weighted by atomic mass is 16.6. The van der Waals surface area contributed by atoms with Crippen molar-refractivity contribution in [2.45, 2.75) is 78.4 Å². The summed E-state index contributed by atoms with van der Waals surface area (Å²) in [5.74, 6) is 5.91. The number of nitrogens with zero attached hydrogens (tertiary/aromatic N) is 4. The zero-order valence-corrected chi connectivity index (χ0v) is 21.8. The molecule has 0 saturated heterocycles. The highest BCUT2D eigenvalue weighted by molar-refractivity contribution is 6.03. The Hall–Kier alpha value is -3.86. The van der Waals surface area contributed by atoms with E-state index in [2.05, 4.69) is 36.1 Å². The molecule has 188 valence electrons. The van der Waals surface area contributed by atoms with Crippen LogP contribution in [0.3, 0.4) is 0 Å². The van der Waals surface area contributed by atoms with E-state index in [0.29, 0.717) is 17.4 Å². The van der Waals surface area contributed by atoms with Gasteiger partial charge in [0.25, 0.3) is 5.91 Å². The molecule has 0 spiro atoms. The molecule has 0 bridgehead atoms. The second-order valence-electron chi connectivity index (χ2n) is 10.4. The molecule has 4 rings (SSSR count). The lowest BCUT2D eigenvalue weighted by molar-refractivity contribution is -0.111. The fraction of sp³-hybridized carbons (Fsp3) is 0.429. The van der Waals surface area contributed by atoms with Gasteiger partial charge >= 0.3 is 6.09 Å². The molecule has 8 heteroatoms. The number of aromatic nitrogens is 3. The molecule has 2 heterocycles. The van der Waals surface area contributed by atoms with Gasteiger partial charge in [-0.1, -0.05) is 31.9 Å². The summed E-state index contributed by atoms with van der Waals surface area (Å²) in [6, 6.07) is 9.31. The predicted octanol–water partition coefficient (Wildman–Crippen LogP) is 5.63. The van der Waals surface area contributed by atoms with Crippen LogP contribution >= 0.6 is 0 Å². The summed E-state index contributed by atoms with van der Waals surface area (Å²) < 4.78 is 7.54. The topological polar surface area (TPSA) is 88.8 Å². The molecule has 0 atom stereocenters. The largest absolute Gasteiger partial charge is 0.443 e. The summed E-state index contributed by atoms with van der Waals surface area (Å²) in [7, 11) is 0. The summed E-state index contributed by atoms with van der Waals surface area (Å²) in [5.41, 5.74) is 3.50. The van der Waals surface area contributed by atoms with E-state index in [1.807, 2.05) is 51.2 Å². The van der Waals surface area contributed by atoms with E-state index < -0.39 is 11.7 Å². The first-order chi connectivity index (χ1) is 17.1. The standard InChI is InChI=1S/C28H33N5O3/c1-7-9-24(34)30-21-11-8-10-19(14-21)17-32(27(35)36-28(4,5)6)25-15-23(20-12-13-20)31-26-22(18(2)3)16-29-33(25)26/h8,10-11,14-16,18,20H,12-13,17H2,1-6H3,(H,30,34). The summed E-state index contributed by atoms with van der Waals surface area (Å²) in [6.45, 7) is 11.6. The van der Waals surface area contributed by atoms with Gasteiger partial charge in [0.2, 0.25) is 0 Å². The number of nitrogens with one attached hydrogen (secondary N) is 1. The van der Waals surface area contributed by atoms with E-state index in [4.69, 9.17) is 9.72 Å². The highest BCUT2D eigenvalue weighted by Crippen LogP contribution is 2.41. The van der Waals surface area contributed by atoms with Crippen LogP contribution in [0.2, 0.25) is 0 Å². The van der Waals surface area contributed by atoms with Crippen molar-refractivity contribution in [1.29, 1.82) is 0 Å². The van der Waals surface area contributed by atoms with E-state index >= 15 is 0 Å². The van der Waals surface area contributed by atoms with Gasteiger partial charge in [0, 0.05) is 28.9 Å². The van der Waals surface area contributed by atoms with Gasteiger partial charge in [-0.3, -0.25) is 9.69 Å². The number of carbonyl (C=O) groups excluding carboxylic acids is 2. The molecular formula is C28H33N5O3. The van der Waals surface area contributed by atoms with Crippen molar-refractivity contribution in [3.8, 4) is 11.8 Å². The molecule has 1 N–H and O–H groups in total. The quantitative estimate of drug-likeness (QED) is 0.455. The number of fused-ring (bicyclic) bond motifs is 1. The van der Waals surface area contributed by atoms with Crippen molar-refractivity contribution >= 4 is 29.2 Å². The van der Waals surface area contributed by atoms with Crippen LogP contribution in [-0.2, 0) is 16.1 Å². The fourth-order valence-electron chi connectivity index (χ4n) is 3.93. The Balaban J connectivity index is 1.79. The van der Waals surface area contributed by atoms with Crippen LogP contribution in [0.4, 0.5) is 16.3 Å². The van der Waals surface area contributed by atoms with Crippen LogP contribution in [0.25, 0.3) is 5.65 Å². The number of anilines is 2. The van der Waals surface area contributed by atoms with E-state index in [9.17, 15) is 9.59 Å². The van der Waals surface area contributed by atoms with Crippen LogP contribution in [-0.4, -0.2) is 32.2 Å². The first-order valence-corrected chi connectivity index (χ1v) is 12.3. The molecule has 0 unspecified atom stereocenters. The van der Waals surface area contributed by atoms with Crippen LogP contribution in [0, 0.1) is 11.8 Å². The maximum Gasteiger partial charge on any atom is 0.416 e. The summed E-state index contributed by atoms with van der Waals surface area (Å²) in [4.78, 5) is 32.0. The van der Waals surface area contributed by atoms with Crippen molar-refractivity contribution in [3.63, 3.8) is 0 Å². The number of benzene rings is 1. The van der Waals surface area contributed by atoms with Gasteiger partial charge < -0.3 is 10.1 Å². The normalized spacial score (nSPS) is 13.3. The fourth-order valence-corrected chi connectivity index (χ4v) is 3.93. The molecule has 36 heavy (non-hydrogen) atoms. The van der Waals surface area contributed by atoms with Crippen LogP contribution in [0.1, 0.15) is 83.0 Å². The number of amides is 2. The van der Waals surface area contributed by atoms with Crippen molar-refractivity contribution < 1.29 is 14.3 Å². The second kappa shape index (κ2) is 10.0. The molecule has 1 aliphatic carbocycles. The Morgan fingerprint density at radius 3 is 2.64 bits per heavy atom. The average Bonchev–Trinajstić information content (AvgIpc) is 3.54. The van der Waals surface area contributed by atoms with Crippen LogP contribution in [0.15, 0.2) is 36.5 Å². The maximum atomic E-state index is 13.5. The molecule has 0 aliphatic heterocycles. The zero-order chi connectivity index (χ0) is 26.0. The van der Waals surface area contributed by atoms with Gasteiger partial charge in [0.1, 0.15) is 11.4 Å². The lowest BCUT2D eigenvalue weighted by Crippen LogP contribution is -2.37. The molecule has 2 amide bonds. The number of rotatable bonds is 6. The smallest absolute Gasteiger partial charge is 0.416 e. The van der Waals surface area contributed by atoms with E-state index in [-0.39, 0.29) is 18.4 Å². The molecular weight excluding hydrogens is 454 g/mol.